The summed E-state index contributed by atoms with van der Waals surface area (Å²) in [5, 5.41) is 8.62. The van der Waals surface area contributed by atoms with E-state index in [9.17, 15) is 0 Å². The smallest absolute Gasteiger partial charge is 0.254 e. The van der Waals surface area contributed by atoms with Crippen LogP contribution in [0.1, 0.15) is 22.5 Å². The van der Waals surface area contributed by atoms with E-state index in [0.717, 1.165) is 30.2 Å². The van der Waals surface area contributed by atoms with Crippen LogP contribution in [-0.2, 0) is 20.1 Å². The van der Waals surface area contributed by atoms with Gasteiger partial charge < -0.3 is 4.90 Å². The molecule has 4 rings (SSSR count). The summed E-state index contributed by atoms with van der Waals surface area (Å²) in [4.78, 5) is 11.0. The Balaban J connectivity index is 1.88. The Labute approximate surface area is 115 Å². The molecular formula is C13H15N7. The van der Waals surface area contributed by atoms with E-state index in [1.807, 2.05) is 29.4 Å². The maximum absolute atomic E-state index is 4.47. The minimum atomic E-state index is 0.650. The largest absolute Gasteiger partial charge is 0.346 e. The van der Waals surface area contributed by atoms with E-state index in [2.05, 4.69) is 32.0 Å². The van der Waals surface area contributed by atoms with Crippen molar-refractivity contribution in [2.24, 2.45) is 7.05 Å². The SMILES string of the molecule is Cc1nc2ncnn2c(N2Cc3cnn(C)c3C2)c1C. The molecule has 7 heteroatoms. The van der Waals surface area contributed by atoms with Gasteiger partial charge in [-0.1, -0.05) is 0 Å². The minimum absolute atomic E-state index is 0.650. The molecule has 20 heavy (non-hydrogen) atoms. The molecule has 1 aliphatic rings. The Kier molecular flexibility index (Phi) is 2.15. The lowest BCUT2D eigenvalue weighted by Gasteiger charge is -2.21. The highest BCUT2D eigenvalue weighted by molar-refractivity contribution is 5.56. The van der Waals surface area contributed by atoms with Crippen molar-refractivity contribution in [2.75, 3.05) is 4.90 Å². The predicted octanol–water partition coefficient (Wildman–Crippen LogP) is 0.995. The van der Waals surface area contributed by atoms with E-state index in [1.165, 1.54) is 11.3 Å². The van der Waals surface area contributed by atoms with Gasteiger partial charge in [-0.3, -0.25) is 4.68 Å². The number of fused-ring (bicyclic) bond motifs is 2. The summed E-state index contributed by atoms with van der Waals surface area (Å²) in [6, 6.07) is 0. The first-order valence-corrected chi connectivity index (χ1v) is 6.57. The third kappa shape index (κ3) is 1.40. The van der Waals surface area contributed by atoms with Crippen LogP contribution in [0.2, 0.25) is 0 Å². The summed E-state index contributed by atoms with van der Waals surface area (Å²) >= 11 is 0. The maximum atomic E-state index is 4.47. The van der Waals surface area contributed by atoms with Crippen molar-refractivity contribution >= 4 is 11.6 Å². The summed E-state index contributed by atoms with van der Waals surface area (Å²) in [5.74, 6) is 1.72. The van der Waals surface area contributed by atoms with Gasteiger partial charge >= 0.3 is 0 Å². The van der Waals surface area contributed by atoms with Crippen molar-refractivity contribution in [3.8, 4) is 0 Å². The maximum Gasteiger partial charge on any atom is 0.254 e. The normalized spacial score (nSPS) is 14.2. The van der Waals surface area contributed by atoms with Gasteiger partial charge in [-0.2, -0.15) is 19.7 Å². The van der Waals surface area contributed by atoms with Gasteiger partial charge in [0.25, 0.3) is 5.78 Å². The Hall–Kier alpha value is -2.44. The van der Waals surface area contributed by atoms with Crippen LogP contribution in [0.4, 0.5) is 5.82 Å². The van der Waals surface area contributed by atoms with Crippen LogP contribution in [0.3, 0.4) is 0 Å². The number of rotatable bonds is 1. The molecule has 0 aromatic carbocycles. The van der Waals surface area contributed by atoms with Crippen LogP contribution in [0.5, 0.6) is 0 Å². The van der Waals surface area contributed by atoms with E-state index in [-0.39, 0.29) is 0 Å². The van der Waals surface area contributed by atoms with Crippen molar-refractivity contribution in [2.45, 2.75) is 26.9 Å². The molecule has 7 nitrogen and oxygen atoms in total. The number of anilines is 1. The van der Waals surface area contributed by atoms with Gasteiger partial charge in [-0.15, -0.1) is 0 Å². The first kappa shape index (κ1) is 11.4. The van der Waals surface area contributed by atoms with E-state index < -0.39 is 0 Å². The zero-order valence-corrected chi connectivity index (χ0v) is 11.7. The van der Waals surface area contributed by atoms with Crippen LogP contribution >= 0.6 is 0 Å². The minimum Gasteiger partial charge on any atom is -0.346 e. The second-order valence-corrected chi connectivity index (χ2v) is 5.21. The van der Waals surface area contributed by atoms with Crippen molar-refractivity contribution in [3.05, 3.63) is 35.0 Å². The molecule has 0 bridgehead atoms. The van der Waals surface area contributed by atoms with Crippen LogP contribution in [0.15, 0.2) is 12.5 Å². The van der Waals surface area contributed by atoms with Gasteiger partial charge in [0, 0.05) is 30.4 Å². The van der Waals surface area contributed by atoms with Crippen LogP contribution in [-0.4, -0.2) is 29.4 Å². The van der Waals surface area contributed by atoms with Crippen LogP contribution in [0, 0.1) is 13.8 Å². The lowest BCUT2D eigenvalue weighted by atomic mass is 10.2. The molecule has 0 aliphatic carbocycles. The molecule has 0 radical (unpaired) electrons. The molecule has 0 unspecified atom stereocenters. The Morgan fingerprint density at radius 1 is 1.15 bits per heavy atom. The molecule has 4 heterocycles. The Morgan fingerprint density at radius 2 is 2.00 bits per heavy atom. The van der Waals surface area contributed by atoms with Crippen LogP contribution < -0.4 is 4.90 Å². The fourth-order valence-corrected chi connectivity index (χ4v) is 2.82. The highest BCUT2D eigenvalue weighted by Gasteiger charge is 2.26. The highest BCUT2D eigenvalue weighted by atomic mass is 15.4. The summed E-state index contributed by atoms with van der Waals surface area (Å²) in [6.45, 7) is 5.78. The number of hydrogen-bond acceptors (Lipinski definition) is 5. The van der Waals surface area contributed by atoms with E-state index in [1.54, 1.807) is 6.33 Å². The van der Waals surface area contributed by atoms with Gasteiger partial charge in [0.05, 0.1) is 18.4 Å². The molecule has 0 saturated heterocycles. The molecule has 0 atom stereocenters. The van der Waals surface area contributed by atoms with Crippen molar-refractivity contribution < 1.29 is 0 Å². The Bertz CT molecular complexity index is 814. The Morgan fingerprint density at radius 3 is 2.80 bits per heavy atom. The molecule has 0 amide bonds. The van der Waals surface area contributed by atoms with Gasteiger partial charge in [0.1, 0.15) is 12.1 Å². The van der Waals surface area contributed by atoms with Gasteiger partial charge in [0.2, 0.25) is 0 Å². The zero-order chi connectivity index (χ0) is 13.9. The van der Waals surface area contributed by atoms with Gasteiger partial charge in [-0.05, 0) is 13.8 Å². The highest BCUT2D eigenvalue weighted by Crippen LogP contribution is 2.30. The van der Waals surface area contributed by atoms with Gasteiger partial charge in [-0.25, -0.2) is 4.98 Å². The van der Waals surface area contributed by atoms with E-state index >= 15 is 0 Å². The second kappa shape index (κ2) is 3.78. The molecule has 3 aromatic heterocycles. The van der Waals surface area contributed by atoms with Crippen molar-refractivity contribution in [1.29, 1.82) is 0 Å². The summed E-state index contributed by atoms with van der Waals surface area (Å²) in [5.41, 5.74) is 4.67. The lowest BCUT2D eigenvalue weighted by molar-refractivity contribution is 0.693. The fraction of sp³-hybridized carbons (Fsp3) is 0.385. The number of aromatic nitrogens is 6. The quantitative estimate of drug-likeness (QED) is 0.659. The number of hydrogen-bond donors (Lipinski definition) is 0. The molecule has 3 aromatic rings. The average molecular weight is 269 g/mol. The third-order valence-corrected chi connectivity index (χ3v) is 4.03. The lowest BCUT2D eigenvalue weighted by Crippen LogP contribution is -2.22. The molecule has 102 valence electrons. The first-order valence-electron chi connectivity index (χ1n) is 6.57. The number of aryl methyl sites for hydroxylation is 2. The summed E-state index contributed by atoms with van der Waals surface area (Å²) in [7, 11) is 1.98. The fourth-order valence-electron chi connectivity index (χ4n) is 2.82. The average Bonchev–Trinajstić information content (AvgIpc) is 3.09. The molecular weight excluding hydrogens is 254 g/mol. The predicted molar refractivity (Wildman–Crippen MR) is 73.4 cm³/mol. The topological polar surface area (TPSA) is 64.1 Å². The summed E-state index contributed by atoms with van der Waals surface area (Å²) in [6.07, 6.45) is 3.49. The first-order chi connectivity index (χ1) is 9.65. The molecule has 0 spiro atoms. The third-order valence-electron chi connectivity index (χ3n) is 4.03. The molecule has 0 N–H and O–H groups in total. The molecule has 0 fully saturated rings. The monoisotopic (exact) mass is 269 g/mol. The van der Waals surface area contributed by atoms with E-state index in [4.69, 9.17) is 0 Å². The standard InChI is InChI=1S/C13H15N7/c1-8-9(2)17-13-14-7-16-20(13)12(8)19-5-10-4-15-18(3)11(10)6-19/h4,7H,5-6H2,1-3H3. The number of nitrogens with zero attached hydrogens (tertiary/aromatic N) is 7. The van der Waals surface area contributed by atoms with E-state index in [0.29, 0.717) is 5.78 Å². The van der Waals surface area contributed by atoms with Crippen molar-refractivity contribution in [3.63, 3.8) is 0 Å². The molecule has 0 saturated carbocycles. The van der Waals surface area contributed by atoms with Gasteiger partial charge in [0.15, 0.2) is 0 Å². The summed E-state index contributed by atoms with van der Waals surface area (Å²) < 4.78 is 3.76. The molecule has 1 aliphatic heterocycles. The zero-order valence-electron chi connectivity index (χ0n) is 11.7. The second-order valence-electron chi connectivity index (χ2n) is 5.21. The van der Waals surface area contributed by atoms with Crippen LogP contribution in [0.25, 0.3) is 5.78 Å². The van der Waals surface area contributed by atoms with Crippen molar-refractivity contribution in [1.82, 2.24) is 29.4 Å².